The molecule has 1 saturated carbocycles. The van der Waals surface area contributed by atoms with Gasteiger partial charge in [-0.25, -0.2) is 27.8 Å². The lowest BCUT2D eigenvalue weighted by Gasteiger charge is -2.29. The van der Waals surface area contributed by atoms with E-state index in [0.29, 0.717) is 84.1 Å². The third-order valence-corrected chi connectivity index (χ3v) is 8.75. The number of hydrogen-bond acceptors (Lipinski definition) is 9. The summed E-state index contributed by atoms with van der Waals surface area (Å²) in [6.07, 6.45) is 3.59. The molecule has 3 N–H and O–H groups in total. The van der Waals surface area contributed by atoms with Gasteiger partial charge in [0.25, 0.3) is 0 Å². The van der Waals surface area contributed by atoms with Gasteiger partial charge in [-0.1, -0.05) is 12.1 Å². The highest BCUT2D eigenvalue weighted by molar-refractivity contribution is 7.92. The number of nitrogens with two attached hydrogens (primary N) is 1. The van der Waals surface area contributed by atoms with Gasteiger partial charge in [-0.3, -0.25) is 9.11 Å². The number of nitrogens with one attached hydrogen (secondary N) is 1. The fourth-order valence-corrected chi connectivity index (χ4v) is 6.01. The fraction of sp³-hybridized carbons (Fsp3) is 0.367. The monoisotopic (exact) mass is 610 g/mol. The molecular weight excluding hydrogens is 578 g/mol. The van der Waals surface area contributed by atoms with Crippen molar-refractivity contribution in [3.05, 3.63) is 54.5 Å². The van der Waals surface area contributed by atoms with Crippen molar-refractivity contribution in [3.8, 4) is 28.3 Å². The topological polar surface area (TPSA) is 133 Å². The van der Waals surface area contributed by atoms with Gasteiger partial charge in [0.15, 0.2) is 11.6 Å². The van der Waals surface area contributed by atoms with Gasteiger partial charge in [-0.15, -0.1) is 0 Å². The molecule has 13 heteroatoms. The average Bonchev–Trinajstić information content (AvgIpc) is 3.85. The van der Waals surface area contributed by atoms with Crippen molar-refractivity contribution < 1.29 is 26.7 Å². The summed E-state index contributed by atoms with van der Waals surface area (Å²) >= 11 is 0. The average molecular weight is 611 g/mol. The van der Waals surface area contributed by atoms with Crippen LogP contribution in [-0.4, -0.2) is 68.7 Å². The number of aromatic nitrogens is 3. The molecule has 2 aliphatic rings. The molecule has 0 bridgehead atoms. The largest absolute Gasteiger partial charge is 0.491 e. The summed E-state index contributed by atoms with van der Waals surface area (Å²) in [5.74, 6) is 1.17. The van der Waals surface area contributed by atoms with Crippen molar-refractivity contribution in [3.63, 3.8) is 0 Å². The van der Waals surface area contributed by atoms with E-state index in [2.05, 4.69) is 14.6 Å². The smallest absolute Gasteiger partial charge is 0.232 e. The summed E-state index contributed by atoms with van der Waals surface area (Å²) in [4.78, 5) is 16.1. The van der Waals surface area contributed by atoms with E-state index in [1.54, 1.807) is 42.6 Å². The first-order chi connectivity index (χ1) is 20.8. The highest BCUT2D eigenvalue weighted by atomic mass is 32.2. The minimum atomic E-state index is -3.93. The standard InChI is InChI=1S/C30H32F2N6O4S/c31-9-2-14-43(39,40)37-24-4-1-3-22(27(24)32)21-15-23-28(25(16-21)42-18-19-5-6-19)35-29(20-7-8-26(33)34-17-20)36-30(23)38-10-12-41-13-11-38/h1,3-4,7-8,15-17,19,37H,2,5-6,9-14,18H2,(H2,33,34). The Balaban J connectivity index is 1.51. The molecular formula is C30H32F2N6O4S. The Labute approximate surface area is 248 Å². The summed E-state index contributed by atoms with van der Waals surface area (Å²) < 4.78 is 67.5. The van der Waals surface area contributed by atoms with E-state index in [0.717, 1.165) is 12.8 Å². The molecule has 0 radical (unpaired) electrons. The summed E-state index contributed by atoms with van der Waals surface area (Å²) in [5.41, 5.74) is 7.49. The number of pyridine rings is 1. The summed E-state index contributed by atoms with van der Waals surface area (Å²) in [7, 11) is -3.93. The Bertz CT molecular complexity index is 1730. The Morgan fingerprint density at radius 2 is 1.91 bits per heavy atom. The molecule has 10 nitrogen and oxygen atoms in total. The van der Waals surface area contributed by atoms with Crippen LogP contribution in [0.15, 0.2) is 48.7 Å². The number of alkyl halides is 1. The molecule has 2 aromatic heterocycles. The predicted octanol–water partition coefficient (Wildman–Crippen LogP) is 4.81. The van der Waals surface area contributed by atoms with Crippen LogP contribution >= 0.6 is 0 Å². The third-order valence-electron chi connectivity index (χ3n) is 7.39. The van der Waals surface area contributed by atoms with Crippen molar-refractivity contribution in [2.75, 3.05) is 60.7 Å². The first-order valence-electron chi connectivity index (χ1n) is 14.2. The number of nitrogens with zero attached hydrogens (tertiary/aromatic N) is 4. The van der Waals surface area contributed by atoms with E-state index in [4.69, 9.17) is 25.2 Å². The second-order valence-corrected chi connectivity index (χ2v) is 12.5. The molecule has 4 aromatic rings. The highest BCUT2D eigenvalue weighted by Crippen LogP contribution is 2.40. The van der Waals surface area contributed by atoms with E-state index in [1.165, 1.54) is 6.07 Å². The van der Waals surface area contributed by atoms with Gasteiger partial charge in [0, 0.05) is 35.8 Å². The number of morpholine rings is 1. The lowest BCUT2D eigenvalue weighted by atomic mass is 10.0. The normalized spacial score (nSPS) is 15.5. The van der Waals surface area contributed by atoms with Crippen LogP contribution in [0.25, 0.3) is 33.4 Å². The van der Waals surface area contributed by atoms with Crippen LogP contribution in [0.3, 0.4) is 0 Å². The fourth-order valence-electron chi connectivity index (χ4n) is 4.92. The molecule has 0 amide bonds. The van der Waals surface area contributed by atoms with E-state index >= 15 is 4.39 Å². The zero-order chi connectivity index (χ0) is 30.0. The Morgan fingerprint density at radius 1 is 1.09 bits per heavy atom. The zero-order valence-electron chi connectivity index (χ0n) is 23.4. The first-order valence-corrected chi connectivity index (χ1v) is 15.8. The van der Waals surface area contributed by atoms with Gasteiger partial charge in [0.05, 0.1) is 37.9 Å². The molecule has 0 spiro atoms. The summed E-state index contributed by atoms with van der Waals surface area (Å²) in [5, 5.41) is 0.658. The van der Waals surface area contributed by atoms with Gasteiger partial charge in [-0.2, -0.15) is 0 Å². The molecule has 226 valence electrons. The molecule has 0 atom stereocenters. The Hall–Kier alpha value is -4.10. The van der Waals surface area contributed by atoms with Crippen LogP contribution in [0.1, 0.15) is 19.3 Å². The highest BCUT2D eigenvalue weighted by Gasteiger charge is 2.26. The minimum absolute atomic E-state index is 0.170. The maximum atomic E-state index is 15.9. The minimum Gasteiger partial charge on any atom is -0.491 e. The molecule has 1 aliphatic heterocycles. The Kier molecular flexibility index (Phi) is 8.26. The number of sulfonamides is 1. The van der Waals surface area contributed by atoms with Gasteiger partial charge < -0.3 is 20.1 Å². The van der Waals surface area contributed by atoms with Crippen molar-refractivity contribution in [2.24, 2.45) is 5.92 Å². The molecule has 2 aromatic carbocycles. The molecule has 1 aliphatic carbocycles. The maximum Gasteiger partial charge on any atom is 0.232 e. The number of benzene rings is 2. The number of nitrogen functional groups attached to an aromatic ring is 1. The zero-order valence-corrected chi connectivity index (χ0v) is 24.2. The van der Waals surface area contributed by atoms with Crippen LogP contribution in [0, 0.1) is 11.7 Å². The van der Waals surface area contributed by atoms with Crippen LogP contribution in [0.2, 0.25) is 0 Å². The number of rotatable bonds is 11. The summed E-state index contributed by atoms with van der Waals surface area (Å²) in [6.45, 7) is 1.94. The van der Waals surface area contributed by atoms with Crippen LogP contribution in [-0.2, 0) is 14.8 Å². The molecule has 6 rings (SSSR count). The SMILES string of the molecule is Nc1ccc(-c2nc(N3CCOCC3)c3cc(-c4cccc(NS(=O)(=O)CCCF)c4F)cc(OCC4CC4)c3n2)cn1. The maximum absolute atomic E-state index is 15.9. The van der Waals surface area contributed by atoms with E-state index in [1.807, 2.05) is 0 Å². The van der Waals surface area contributed by atoms with Gasteiger partial charge in [0.1, 0.15) is 22.9 Å². The molecule has 3 heterocycles. The molecule has 2 fully saturated rings. The molecule has 1 saturated heterocycles. The number of ether oxygens (including phenoxy) is 2. The number of halogens is 2. The van der Waals surface area contributed by atoms with E-state index in [9.17, 15) is 12.8 Å². The predicted molar refractivity (Wildman–Crippen MR) is 162 cm³/mol. The van der Waals surface area contributed by atoms with Crippen molar-refractivity contribution in [1.29, 1.82) is 0 Å². The number of anilines is 3. The summed E-state index contributed by atoms with van der Waals surface area (Å²) in [6, 6.07) is 11.5. The van der Waals surface area contributed by atoms with Crippen molar-refractivity contribution in [1.82, 2.24) is 15.0 Å². The number of hydrogen-bond donors (Lipinski definition) is 2. The second kappa shape index (κ2) is 12.3. The van der Waals surface area contributed by atoms with Crippen LogP contribution in [0.4, 0.5) is 26.1 Å². The Morgan fingerprint density at radius 3 is 2.63 bits per heavy atom. The van der Waals surface area contributed by atoms with Gasteiger partial charge in [-0.05, 0) is 61.1 Å². The van der Waals surface area contributed by atoms with E-state index in [-0.39, 0.29) is 17.7 Å². The van der Waals surface area contributed by atoms with Crippen LogP contribution < -0.4 is 20.1 Å². The van der Waals surface area contributed by atoms with Crippen molar-refractivity contribution >= 4 is 38.2 Å². The lowest BCUT2D eigenvalue weighted by molar-refractivity contribution is 0.122. The van der Waals surface area contributed by atoms with E-state index < -0.39 is 28.3 Å². The lowest BCUT2D eigenvalue weighted by Crippen LogP contribution is -2.37. The quantitative estimate of drug-likeness (QED) is 0.246. The first kappa shape index (κ1) is 29.0. The molecule has 43 heavy (non-hydrogen) atoms. The van der Waals surface area contributed by atoms with Crippen molar-refractivity contribution in [2.45, 2.75) is 19.3 Å². The van der Waals surface area contributed by atoms with Gasteiger partial charge >= 0.3 is 0 Å². The van der Waals surface area contributed by atoms with Gasteiger partial charge in [0.2, 0.25) is 10.0 Å². The van der Waals surface area contributed by atoms with Crippen LogP contribution in [0.5, 0.6) is 5.75 Å². The second-order valence-electron chi connectivity index (χ2n) is 10.7. The third kappa shape index (κ3) is 6.62. The number of fused-ring (bicyclic) bond motifs is 1. The molecule has 0 unspecified atom stereocenters.